The smallest absolute Gasteiger partial charge is 0.306 e. The lowest BCUT2D eigenvalue weighted by Gasteiger charge is -2.41. The van der Waals surface area contributed by atoms with E-state index in [-0.39, 0.29) is 12.8 Å². The highest BCUT2D eigenvalue weighted by Gasteiger charge is 2.47. The molecule has 0 radical (unpaired) electrons. The van der Waals surface area contributed by atoms with Crippen molar-refractivity contribution in [2.45, 2.75) is 18.4 Å². The van der Waals surface area contributed by atoms with Crippen LogP contribution in [0.5, 0.6) is 0 Å². The van der Waals surface area contributed by atoms with Crippen molar-refractivity contribution in [3.63, 3.8) is 0 Å². The zero-order chi connectivity index (χ0) is 12.8. The highest BCUT2D eigenvalue weighted by Crippen LogP contribution is 2.45. The van der Waals surface area contributed by atoms with Gasteiger partial charge in [-0.1, -0.05) is 18.2 Å². The fraction of sp³-hybridized carbons (Fsp3) is 0.286. The second-order valence-electron chi connectivity index (χ2n) is 4.89. The number of pyridine rings is 1. The lowest BCUT2D eigenvalue weighted by molar-refractivity contribution is -0.159. The Kier molecular flexibility index (Phi) is 2.35. The first-order valence-electron chi connectivity index (χ1n) is 5.89. The summed E-state index contributed by atoms with van der Waals surface area (Å²) in [4.78, 5) is 15.1. The fourth-order valence-corrected chi connectivity index (χ4v) is 2.49. The first-order valence-corrected chi connectivity index (χ1v) is 5.89. The zero-order valence-electron chi connectivity index (χ0n) is 9.71. The molecule has 0 spiro atoms. The average molecular weight is 243 g/mol. The van der Waals surface area contributed by atoms with Gasteiger partial charge < -0.3 is 10.2 Å². The summed E-state index contributed by atoms with van der Waals surface area (Å²) in [5.41, 5.74) is 0.553. The van der Waals surface area contributed by atoms with E-state index in [0.717, 1.165) is 10.9 Å². The number of rotatable bonds is 2. The molecule has 0 atom stereocenters. The summed E-state index contributed by atoms with van der Waals surface area (Å²) < 4.78 is 0. The SMILES string of the molecule is O=C(O)C1CC(O)(c2cnc3ccccc3c2)C1. The Bertz CT molecular complexity index is 617. The number of aliphatic hydroxyl groups is 1. The van der Waals surface area contributed by atoms with Crippen molar-refractivity contribution >= 4 is 16.9 Å². The highest BCUT2D eigenvalue weighted by atomic mass is 16.4. The number of carboxylic acids is 1. The molecule has 0 amide bonds. The maximum Gasteiger partial charge on any atom is 0.306 e. The molecular weight excluding hydrogens is 230 g/mol. The normalized spacial score (nSPS) is 26.8. The minimum absolute atomic E-state index is 0.266. The topological polar surface area (TPSA) is 70.4 Å². The second-order valence-corrected chi connectivity index (χ2v) is 4.89. The third-order valence-corrected chi connectivity index (χ3v) is 3.65. The summed E-state index contributed by atoms with van der Waals surface area (Å²) in [6.45, 7) is 0. The van der Waals surface area contributed by atoms with Gasteiger partial charge in [-0.15, -0.1) is 0 Å². The van der Waals surface area contributed by atoms with E-state index in [0.29, 0.717) is 5.56 Å². The summed E-state index contributed by atoms with van der Waals surface area (Å²) in [7, 11) is 0. The molecule has 4 heteroatoms. The average Bonchev–Trinajstić information content (AvgIpc) is 2.34. The number of aliphatic carboxylic acids is 1. The minimum Gasteiger partial charge on any atom is -0.481 e. The van der Waals surface area contributed by atoms with Crippen LogP contribution in [0.4, 0.5) is 0 Å². The molecule has 1 aliphatic carbocycles. The van der Waals surface area contributed by atoms with Gasteiger partial charge in [-0.05, 0) is 25.0 Å². The van der Waals surface area contributed by atoms with Crippen molar-refractivity contribution in [3.8, 4) is 0 Å². The molecule has 92 valence electrons. The number of carbonyl (C=O) groups is 1. The number of benzene rings is 1. The van der Waals surface area contributed by atoms with E-state index in [2.05, 4.69) is 4.98 Å². The summed E-state index contributed by atoms with van der Waals surface area (Å²) in [6.07, 6.45) is 2.17. The Morgan fingerprint density at radius 1 is 1.33 bits per heavy atom. The van der Waals surface area contributed by atoms with Crippen LogP contribution in [0.15, 0.2) is 36.5 Å². The minimum atomic E-state index is -1.03. The first-order chi connectivity index (χ1) is 8.58. The van der Waals surface area contributed by atoms with Gasteiger partial charge in [0.15, 0.2) is 0 Å². The van der Waals surface area contributed by atoms with Gasteiger partial charge in [-0.25, -0.2) is 0 Å². The van der Waals surface area contributed by atoms with Crippen LogP contribution < -0.4 is 0 Å². The van der Waals surface area contributed by atoms with Crippen LogP contribution in [0.25, 0.3) is 10.9 Å². The Morgan fingerprint density at radius 3 is 2.78 bits per heavy atom. The Morgan fingerprint density at radius 2 is 2.06 bits per heavy atom. The van der Waals surface area contributed by atoms with Crippen LogP contribution in [-0.2, 0) is 10.4 Å². The van der Waals surface area contributed by atoms with E-state index < -0.39 is 17.5 Å². The summed E-state index contributed by atoms with van der Waals surface area (Å²) >= 11 is 0. The summed E-state index contributed by atoms with van der Waals surface area (Å²) in [5, 5.41) is 20.2. The van der Waals surface area contributed by atoms with Crippen molar-refractivity contribution in [3.05, 3.63) is 42.1 Å². The van der Waals surface area contributed by atoms with Gasteiger partial charge in [-0.3, -0.25) is 9.78 Å². The number of nitrogens with zero attached hydrogens (tertiary/aromatic N) is 1. The quantitative estimate of drug-likeness (QED) is 0.845. The van der Waals surface area contributed by atoms with E-state index >= 15 is 0 Å². The van der Waals surface area contributed by atoms with Gasteiger partial charge in [0.1, 0.15) is 0 Å². The van der Waals surface area contributed by atoms with Crippen LogP contribution in [0.1, 0.15) is 18.4 Å². The monoisotopic (exact) mass is 243 g/mol. The number of aromatic nitrogens is 1. The van der Waals surface area contributed by atoms with Crippen molar-refractivity contribution in [2.24, 2.45) is 5.92 Å². The molecule has 1 saturated carbocycles. The molecule has 1 aromatic heterocycles. The van der Waals surface area contributed by atoms with Crippen molar-refractivity contribution in [2.75, 3.05) is 0 Å². The predicted molar refractivity (Wildman–Crippen MR) is 66.0 cm³/mol. The van der Waals surface area contributed by atoms with Gasteiger partial charge in [0.2, 0.25) is 0 Å². The Balaban J connectivity index is 1.94. The first kappa shape index (κ1) is 11.2. The lowest BCUT2D eigenvalue weighted by atomic mass is 9.67. The largest absolute Gasteiger partial charge is 0.481 e. The van der Waals surface area contributed by atoms with Gasteiger partial charge in [0, 0.05) is 17.1 Å². The molecule has 2 aromatic rings. The number of fused-ring (bicyclic) bond motifs is 1. The van der Waals surface area contributed by atoms with Crippen LogP contribution in [0.2, 0.25) is 0 Å². The van der Waals surface area contributed by atoms with E-state index in [9.17, 15) is 9.90 Å². The number of hydrogen-bond donors (Lipinski definition) is 2. The lowest BCUT2D eigenvalue weighted by Crippen LogP contribution is -2.44. The van der Waals surface area contributed by atoms with Gasteiger partial charge >= 0.3 is 5.97 Å². The molecule has 2 N–H and O–H groups in total. The Labute approximate surface area is 104 Å². The Hall–Kier alpha value is -1.94. The van der Waals surface area contributed by atoms with Crippen molar-refractivity contribution in [1.82, 2.24) is 4.98 Å². The predicted octanol–water partition coefficient (Wildman–Crippen LogP) is 1.92. The molecule has 1 aliphatic rings. The van der Waals surface area contributed by atoms with E-state index in [1.54, 1.807) is 6.20 Å². The molecule has 0 saturated heterocycles. The van der Waals surface area contributed by atoms with E-state index in [1.165, 1.54) is 0 Å². The molecule has 0 bridgehead atoms. The van der Waals surface area contributed by atoms with Crippen LogP contribution in [-0.4, -0.2) is 21.2 Å². The summed E-state index contributed by atoms with van der Waals surface area (Å²) in [6, 6.07) is 9.55. The standard InChI is InChI=1S/C14H13NO3/c16-13(17)10-6-14(18,7-10)11-5-9-3-1-2-4-12(9)15-8-11/h1-5,8,10,18H,6-7H2,(H,16,17). The maximum absolute atomic E-state index is 10.8. The molecule has 1 fully saturated rings. The number of para-hydroxylation sites is 1. The highest BCUT2D eigenvalue weighted by molar-refractivity contribution is 5.79. The molecule has 1 heterocycles. The maximum atomic E-state index is 10.8. The molecule has 4 nitrogen and oxygen atoms in total. The molecule has 0 unspecified atom stereocenters. The fourth-order valence-electron chi connectivity index (χ4n) is 2.49. The molecule has 18 heavy (non-hydrogen) atoms. The number of hydrogen-bond acceptors (Lipinski definition) is 3. The zero-order valence-corrected chi connectivity index (χ0v) is 9.71. The second kappa shape index (κ2) is 3.78. The van der Waals surface area contributed by atoms with E-state index in [1.807, 2.05) is 30.3 Å². The third kappa shape index (κ3) is 1.66. The summed E-state index contributed by atoms with van der Waals surface area (Å²) in [5.74, 6) is -1.28. The van der Waals surface area contributed by atoms with Gasteiger partial charge in [0.25, 0.3) is 0 Å². The molecule has 0 aliphatic heterocycles. The van der Waals surface area contributed by atoms with Crippen LogP contribution in [0.3, 0.4) is 0 Å². The molecule has 3 rings (SSSR count). The molecular formula is C14H13NO3. The van der Waals surface area contributed by atoms with Crippen molar-refractivity contribution < 1.29 is 15.0 Å². The number of carboxylic acid groups (broad SMARTS) is 1. The molecule has 1 aromatic carbocycles. The van der Waals surface area contributed by atoms with Gasteiger partial charge in [0.05, 0.1) is 17.0 Å². The van der Waals surface area contributed by atoms with Crippen LogP contribution >= 0.6 is 0 Å². The van der Waals surface area contributed by atoms with Gasteiger partial charge in [-0.2, -0.15) is 0 Å². The van der Waals surface area contributed by atoms with Crippen molar-refractivity contribution in [1.29, 1.82) is 0 Å². The van der Waals surface area contributed by atoms with E-state index in [4.69, 9.17) is 5.11 Å². The third-order valence-electron chi connectivity index (χ3n) is 3.65. The van der Waals surface area contributed by atoms with Crippen LogP contribution in [0, 0.1) is 5.92 Å².